The van der Waals surface area contributed by atoms with Crippen molar-refractivity contribution in [1.29, 1.82) is 0 Å². The lowest BCUT2D eigenvalue weighted by atomic mass is 9.91. The minimum atomic E-state index is -0.724. The Bertz CT molecular complexity index is 1070. The minimum Gasteiger partial charge on any atom is -0.408 e. The van der Waals surface area contributed by atoms with Gasteiger partial charge >= 0.3 is 11.9 Å². The van der Waals surface area contributed by atoms with E-state index in [1.165, 1.54) is 11.6 Å². The molecule has 2 aromatic carbocycles. The average Bonchev–Trinajstić information content (AvgIpc) is 3.06. The molecule has 0 aliphatic carbocycles. The molecule has 142 valence electrons. The number of amides is 3. The SMILES string of the molecule is Cc1ccccc1NC1=C(c2cccc(Cl)c2)C2C(=O)N(C)C(=O)[N+](C)=C2O1. The zero-order chi connectivity index (χ0) is 20.0. The Labute approximate surface area is 167 Å². The Balaban J connectivity index is 1.90. The molecule has 2 aliphatic heterocycles. The van der Waals surface area contributed by atoms with Crippen LogP contribution < -0.4 is 5.32 Å². The quantitative estimate of drug-likeness (QED) is 0.803. The lowest BCUT2D eigenvalue weighted by molar-refractivity contribution is -0.415. The monoisotopic (exact) mass is 396 g/mol. The van der Waals surface area contributed by atoms with Crippen molar-refractivity contribution >= 4 is 40.7 Å². The van der Waals surface area contributed by atoms with Gasteiger partial charge in [-0.15, -0.1) is 0 Å². The number of benzene rings is 2. The number of urea groups is 1. The van der Waals surface area contributed by atoms with Crippen LogP contribution in [-0.4, -0.2) is 41.4 Å². The highest BCUT2D eigenvalue weighted by molar-refractivity contribution is 6.31. The summed E-state index contributed by atoms with van der Waals surface area (Å²) in [7, 11) is 3.07. The molecule has 0 aromatic heterocycles. The highest BCUT2D eigenvalue weighted by Crippen LogP contribution is 2.39. The molecule has 1 unspecified atom stereocenters. The molecule has 2 aromatic rings. The van der Waals surface area contributed by atoms with E-state index in [0.717, 1.165) is 21.7 Å². The van der Waals surface area contributed by atoms with E-state index in [9.17, 15) is 9.59 Å². The predicted octanol–water partition coefficient (Wildman–Crippen LogP) is 3.71. The predicted molar refractivity (Wildman–Crippen MR) is 107 cm³/mol. The molecule has 0 saturated heterocycles. The standard InChI is InChI=1S/C21H19ClN3O3/c1-12-7-4-5-10-15(12)23-18-16(13-8-6-9-14(22)11-13)17-19(26)24(2)21(27)25(3)20(17)28-18/h4-11,17,23H,1-3H3/q+1. The number of para-hydroxylation sites is 1. The zero-order valence-electron chi connectivity index (χ0n) is 15.7. The summed E-state index contributed by atoms with van der Waals surface area (Å²) in [6, 6.07) is 14.6. The van der Waals surface area contributed by atoms with Crippen molar-refractivity contribution in [3.05, 3.63) is 70.6 Å². The molecule has 3 amide bonds. The van der Waals surface area contributed by atoms with Crippen LogP contribution in [0.5, 0.6) is 0 Å². The summed E-state index contributed by atoms with van der Waals surface area (Å²) in [6.07, 6.45) is 0. The Kier molecular flexibility index (Phi) is 4.43. The number of nitrogens with zero attached hydrogens (tertiary/aromatic N) is 2. The van der Waals surface area contributed by atoms with E-state index >= 15 is 0 Å². The van der Waals surface area contributed by atoms with Crippen LogP contribution >= 0.6 is 11.6 Å². The second kappa shape index (κ2) is 6.80. The Morgan fingerprint density at radius 1 is 1.14 bits per heavy atom. The van der Waals surface area contributed by atoms with Gasteiger partial charge in [-0.2, -0.15) is 14.3 Å². The minimum absolute atomic E-state index is 0.291. The fourth-order valence-corrected chi connectivity index (χ4v) is 3.64. The number of nitrogens with one attached hydrogen (secondary N) is 1. The Hall–Kier alpha value is -3.12. The summed E-state index contributed by atoms with van der Waals surface area (Å²) in [4.78, 5) is 26.5. The maximum atomic E-state index is 13.0. The molecule has 6 nitrogen and oxygen atoms in total. The molecule has 0 bridgehead atoms. The summed E-state index contributed by atoms with van der Waals surface area (Å²) in [5.41, 5.74) is 3.29. The van der Waals surface area contributed by atoms with Gasteiger partial charge in [0, 0.05) is 16.3 Å². The summed E-state index contributed by atoms with van der Waals surface area (Å²) in [6.45, 7) is 1.98. The maximum Gasteiger partial charge on any atom is 0.502 e. The first-order valence-corrected chi connectivity index (χ1v) is 9.19. The van der Waals surface area contributed by atoms with Gasteiger partial charge in [0.1, 0.15) is 0 Å². The fourth-order valence-electron chi connectivity index (χ4n) is 3.45. The van der Waals surface area contributed by atoms with E-state index in [-0.39, 0.29) is 5.91 Å². The summed E-state index contributed by atoms with van der Waals surface area (Å²) in [5, 5.41) is 3.84. The van der Waals surface area contributed by atoms with Crippen LogP contribution in [0.25, 0.3) is 5.57 Å². The fraction of sp³-hybridized carbons (Fsp3) is 0.190. The molecule has 7 heteroatoms. The number of carbonyl (C=O) groups excluding carboxylic acids is 2. The van der Waals surface area contributed by atoms with Gasteiger partial charge in [-0.05, 0) is 36.2 Å². The maximum absolute atomic E-state index is 13.0. The first-order valence-electron chi connectivity index (χ1n) is 8.81. The Morgan fingerprint density at radius 3 is 2.61 bits per heavy atom. The first-order chi connectivity index (χ1) is 13.4. The van der Waals surface area contributed by atoms with E-state index < -0.39 is 11.9 Å². The van der Waals surface area contributed by atoms with Gasteiger partial charge in [0.25, 0.3) is 5.90 Å². The lowest BCUT2D eigenvalue weighted by Gasteiger charge is -2.20. The van der Waals surface area contributed by atoms with Crippen molar-refractivity contribution in [3.63, 3.8) is 0 Å². The van der Waals surface area contributed by atoms with E-state index in [0.29, 0.717) is 22.4 Å². The van der Waals surface area contributed by atoms with Crippen LogP contribution in [0.3, 0.4) is 0 Å². The molecule has 0 radical (unpaired) electrons. The number of imide groups is 1. The number of aryl methyl sites for hydroxylation is 1. The van der Waals surface area contributed by atoms with Crippen molar-refractivity contribution in [2.45, 2.75) is 6.92 Å². The Morgan fingerprint density at radius 2 is 1.89 bits per heavy atom. The molecule has 4 rings (SSSR count). The number of ether oxygens (including phenoxy) is 1. The average molecular weight is 397 g/mol. The van der Waals surface area contributed by atoms with Crippen molar-refractivity contribution in [3.8, 4) is 0 Å². The second-order valence-corrected chi connectivity index (χ2v) is 7.24. The highest BCUT2D eigenvalue weighted by Gasteiger charge is 2.53. The lowest BCUT2D eigenvalue weighted by Crippen LogP contribution is -2.51. The van der Waals surface area contributed by atoms with Crippen LogP contribution in [0.2, 0.25) is 5.02 Å². The van der Waals surface area contributed by atoms with Gasteiger partial charge in [0.05, 0.1) is 14.1 Å². The second-order valence-electron chi connectivity index (χ2n) is 6.81. The van der Waals surface area contributed by atoms with Crippen LogP contribution in [0.15, 0.2) is 54.4 Å². The molecule has 2 aliphatic rings. The van der Waals surface area contributed by atoms with Gasteiger partial charge in [-0.25, -0.2) is 4.79 Å². The number of fused-ring (bicyclic) bond motifs is 1. The number of carbonyl (C=O) groups is 2. The number of hydrogen-bond acceptors (Lipinski definition) is 4. The number of halogens is 1. The van der Waals surface area contributed by atoms with Crippen molar-refractivity contribution < 1.29 is 18.9 Å². The van der Waals surface area contributed by atoms with Crippen molar-refractivity contribution in [2.75, 3.05) is 19.4 Å². The summed E-state index contributed by atoms with van der Waals surface area (Å²) >= 11 is 6.20. The van der Waals surface area contributed by atoms with Gasteiger partial charge in [0.15, 0.2) is 5.92 Å². The molecular formula is C21H19ClN3O3+. The van der Waals surface area contributed by atoms with Gasteiger partial charge in [0.2, 0.25) is 5.88 Å². The summed E-state index contributed by atoms with van der Waals surface area (Å²) < 4.78 is 7.40. The third-order valence-electron chi connectivity index (χ3n) is 5.00. The van der Waals surface area contributed by atoms with Crippen LogP contribution in [-0.2, 0) is 9.53 Å². The first kappa shape index (κ1) is 18.3. The molecule has 28 heavy (non-hydrogen) atoms. The molecule has 1 N–H and O–H groups in total. The normalized spacial score (nSPS) is 19.1. The van der Waals surface area contributed by atoms with Crippen LogP contribution in [0, 0.1) is 12.8 Å². The topological polar surface area (TPSA) is 61.7 Å². The third kappa shape index (κ3) is 2.86. The van der Waals surface area contributed by atoms with E-state index in [4.69, 9.17) is 16.3 Å². The highest BCUT2D eigenvalue weighted by atomic mass is 35.5. The van der Waals surface area contributed by atoms with E-state index in [2.05, 4.69) is 5.32 Å². The van der Waals surface area contributed by atoms with Gasteiger partial charge < -0.3 is 10.1 Å². The van der Waals surface area contributed by atoms with Gasteiger partial charge in [-0.3, -0.25) is 0 Å². The zero-order valence-corrected chi connectivity index (χ0v) is 16.4. The third-order valence-corrected chi connectivity index (χ3v) is 5.23. The van der Waals surface area contributed by atoms with Crippen LogP contribution in [0.4, 0.5) is 10.5 Å². The molecule has 0 saturated carbocycles. The van der Waals surface area contributed by atoms with E-state index in [1.54, 1.807) is 19.2 Å². The molecule has 2 heterocycles. The smallest absolute Gasteiger partial charge is 0.408 e. The molecule has 0 fully saturated rings. The summed E-state index contributed by atoms with van der Waals surface area (Å²) in [5.74, 6) is -0.355. The van der Waals surface area contributed by atoms with Gasteiger partial charge in [-0.1, -0.05) is 41.9 Å². The molecule has 1 atom stereocenters. The van der Waals surface area contributed by atoms with Crippen molar-refractivity contribution in [2.24, 2.45) is 5.92 Å². The molecule has 0 spiro atoms. The number of hydrogen-bond donors (Lipinski definition) is 1. The molecular weight excluding hydrogens is 378 g/mol. The van der Waals surface area contributed by atoms with Crippen LogP contribution in [0.1, 0.15) is 11.1 Å². The number of anilines is 1. The van der Waals surface area contributed by atoms with E-state index in [1.807, 2.05) is 43.3 Å². The number of rotatable bonds is 3. The largest absolute Gasteiger partial charge is 0.502 e. The van der Waals surface area contributed by atoms with Crippen molar-refractivity contribution in [1.82, 2.24) is 4.90 Å².